The first-order chi connectivity index (χ1) is 8.08. The van der Waals surface area contributed by atoms with Crippen molar-refractivity contribution in [2.75, 3.05) is 14.2 Å². The van der Waals surface area contributed by atoms with Gasteiger partial charge in [0, 0.05) is 19.8 Å². The Labute approximate surface area is 101 Å². The molecule has 17 heavy (non-hydrogen) atoms. The number of Topliss-reactive ketones (excluding diaryl/α,β-unsaturated/α-hetero) is 2. The molecule has 0 radical (unpaired) electrons. The van der Waals surface area contributed by atoms with E-state index in [4.69, 9.17) is 9.47 Å². The van der Waals surface area contributed by atoms with E-state index < -0.39 is 6.29 Å². The van der Waals surface area contributed by atoms with Crippen LogP contribution in [0.5, 0.6) is 0 Å². The Morgan fingerprint density at radius 3 is 2.41 bits per heavy atom. The first kappa shape index (κ1) is 13.5. The molecule has 0 aliphatic rings. The largest absolute Gasteiger partial charge is 0.349 e. The lowest BCUT2D eigenvalue weighted by molar-refractivity contribution is -0.155. The van der Waals surface area contributed by atoms with E-state index in [1.165, 1.54) is 14.2 Å². The molecule has 0 heterocycles. The molecule has 0 amide bonds. The predicted molar refractivity (Wildman–Crippen MR) is 62.9 cm³/mol. The minimum absolute atomic E-state index is 0.213. The van der Waals surface area contributed by atoms with Crippen molar-refractivity contribution in [1.82, 2.24) is 0 Å². The number of hydrogen-bond donors (Lipinski definition) is 0. The molecule has 0 fully saturated rings. The summed E-state index contributed by atoms with van der Waals surface area (Å²) in [6.07, 6.45) is -1.18. The quantitative estimate of drug-likeness (QED) is 0.429. The van der Waals surface area contributed by atoms with Crippen molar-refractivity contribution in [3.63, 3.8) is 0 Å². The number of carbonyl (C=O) groups excluding carboxylic acids is 2. The van der Waals surface area contributed by atoms with E-state index in [0.29, 0.717) is 5.56 Å². The van der Waals surface area contributed by atoms with E-state index >= 15 is 0 Å². The first-order valence-electron chi connectivity index (χ1n) is 5.26. The number of methoxy groups -OCH3 is 2. The average molecular weight is 236 g/mol. The number of hydrogen-bond acceptors (Lipinski definition) is 4. The topological polar surface area (TPSA) is 52.6 Å². The monoisotopic (exact) mass is 236 g/mol. The molecule has 0 bridgehead atoms. The Bertz CT molecular complexity index is 408. The molecule has 92 valence electrons. The van der Waals surface area contributed by atoms with Gasteiger partial charge in [-0.25, -0.2) is 0 Å². The van der Waals surface area contributed by atoms with Crippen LogP contribution in [0, 0.1) is 6.92 Å². The van der Waals surface area contributed by atoms with Crippen molar-refractivity contribution in [3.8, 4) is 0 Å². The zero-order valence-electron chi connectivity index (χ0n) is 10.2. The Balaban J connectivity index is 2.70. The number of benzene rings is 1. The molecule has 4 heteroatoms. The Morgan fingerprint density at radius 1 is 1.24 bits per heavy atom. The van der Waals surface area contributed by atoms with Gasteiger partial charge in [0.2, 0.25) is 6.29 Å². The minimum Gasteiger partial charge on any atom is -0.349 e. The highest BCUT2D eigenvalue weighted by atomic mass is 16.7. The molecule has 4 nitrogen and oxygen atoms in total. The normalized spacial score (nSPS) is 10.6. The highest BCUT2D eigenvalue weighted by Gasteiger charge is 2.20. The molecule has 0 spiro atoms. The summed E-state index contributed by atoms with van der Waals surface area (Å²) >= 11 is 0. The lowest BCUT2D eigenvalue weighted by atomic mass is 10.0. The summed E-state index contributed by atoms with van der Waals surface area (Å²) in [5, 5.41) is 0. The van der Waals surface area contributed by atoms with Crippen LogP contribution in [0.25, 0.3) is 0 Å². The fraction of sp³-hybridized carbons (Fsp3) is 0.385. The number of aryl methyl sites for hydroxylation is 1. The van der Waals surface area contributed by atoms with E-state index in [1.54, 1.807) is 18.2 Å². The molecule has 0 unspecified atom stereocenters. The van der Waals surface area contributed by atoms with Crippen LogP contribution in [0.1, 0.15) is 22.3 Å². The smallest absolute Gasteiger partial charge is 0.217 e. The predicted octanol–water partition coefficient (Wildman–Crippen LogP) is 1.76. The third-order valence-electron chi connectivity index (χ3n) is 2.37. The molecule has 0 aliphatic carbocycles. The fourth-order valence-electron chi connectivity index (χ4n) is 1.52. The molecule has 0 saturated heterocycles. The molecule has 0 aliphatic heterocycles. The molecule has 0 atom stereocenters. The zero-order chi connectivity index (χ0) is 12.8. The summed E-state index contributed by atoms with van der Waals surface area (Å²) < 4.78 is 9.60. The third-order valence-corrected chi connectivity index (χ3v) is 2.37. The molecule has 1 aromatic carbocycles. The van der Waals surface area contributed by atoms with Gasteiger partial charge in [-0.3, -0.25) is 9.59 Å². The Kier molecular flexibility index (Phi) is 5.00. The Hall–Kier alpha value is -1.52. The van der Waals surface area contributed by atoms with Gasteiger partial charge < -0.3 is 9.47 Å². The number of ketones is 2. The van der Waals surface area contributed by atoms with E-state index in [2.05, 4.69) is 0 Å². The van der Waals surface area contributed by atoms with Gasteiger partial charge in [0.25, 0.3) is 0 Å². The standard InChI is InChI=1S/C13H16O4/c1-9-5-4-6-10(7-9)11(14)8-12(15)13(16-2)17-3/h4-7,13H,8H2,1-3H3. The van der Waals surface area contributed by atoms with Crippen LogP contribution in [-0.2, 0) is 14.3 Å². The molecule has 1 rings (SSSR count). The minimum atomic E-state index is -0.969. The van der Waals surface area contributed by atoms with Crippen LogP contribution in [0.4, 0.5) is 0 Å². The van der Waals surface area contributed by atoms with Gasteiger partial charge in [0.15, 0.2) is 11.6 Å². The first-order valence-corrected chi connectivity index (χ1v) is 5.26. The van der Waals surface area contributed by atoms with Crippen molar-refractivity contribution in [2.24, 2.45) is 0 Å². The van der Waals surface area contributed by atoms with E-state index in [9.17, 15) is 9.59 Å². The molecule has 0 N–H and O–H groups in total. The van der Waals surface area contributed by atoms with Crippen molar-refractivity contribution in [3.05, 3.63) is 35.4 Å². The zero-order valence-corrected chi connectivity index (χ0v) is 10.2. The van der Waals surface area contributed by atoms with Crippen LogP contribution >= 0.6 is 0 Å². The summed E-state index contributed by atoms with van der Waals surface area (Å²) in [6.45, 7) is 1.89. The summed E-state index contributed by atoms with van der Waals surface area (Å²) in [4.78, 5) is 23.4. The van der Waals surface area contributed by atoms with Gasteiger partial charge >= 0.3 is 0 Å². The van der Waals surface area contributed by atoms with Crippen molar-refractivity contribution < 1.29 is 19.1 Å². The van der Waals surface area contributed by atoms with Crippen LogP contribution in [0.15, 0.2) is 24.3 Å². The molecular formula is C13H16O4. The summed E-state index contributed by atoms with van der Waals surface area (Å²) in [7, 11) is 2.73. The summed E-state index contributed by atoms with van der Waals surface area (Å²) in [5.74, 6) is -0.598. The Morgan fingerprint density at radius 2 is 1.88 bits per heavy atom. The molecule has 1 aromatic rings. The molecule has 0 saturated carbocycles. The van der Waals surface area contributed by atoms with Gasteiger partial charge in [-0.1, -0.05) is 23.8 Å². The van der Waals surface area contributed by atoms with Crippen LogP contribution in [-0.4, -0.2) is 32.1 Å². The number of rotatable bonds is 6. The van der Waals surface area contributed by atoms with Crippen LogP contribution in [0.2, 0.25) is 0 Å². The van der Waals surface area contributed by atoms with Crippen LogP contribution in [0.3, 0.4) is 0 Å². The highest BCUT2D eigenvalue weighted by Crippen LogP contribution is 2.09. The van der Waals surface area contributed by atoms with Gasteiger partial charge in [0.05, 0.1) is 6.42 Å². The second-order valence-electron chi connectivity index (χ2n) is 3.74. The van der Waals surface area contributed by atoms with E-state index in [-0.39, 0.29) is 18.0 Å². The SMILES string of the molecule is COC(OC)C(=O)CC(=O)c1cccc(C)c1. The van der Waals surface area contributed by atoms with E-state index in [0.717, 1.165) is 5.56 Å². The average Bonchev–Trinajstić information content (AvgIpc) is 2.30. The van der Waals surface area contributed by atoms with Crippen molar-refractivity contribution in [1.29, 1.82) is 0 Å². The maximum atomic E-state index is 11.8. The second-order valence-corrected chi connectivity index (χ2v) is 3.74. The summed E-state index contributed by atoms with van der Waals surface area (Å²) in [5.41, 5.74) is 1.52. The third kappa shape index (κ3) is 3.76. The van der Waals surface area contributed by atoms with Gasteiger partial charge in [-0.05, 0) is 13.0 Å². The van der Waals surface area contributed by atoms with E-state index in [1.807, 2.05) is 13.0 Å². The van der Waals surface area contributed by atoms with Crippen molar-refractivity contribution >= 4 is 11.6 Å². The number of ether oxygens (including phenoxy) is 2. The van der Waals surface area contributed by atoms with Gasteiger partial charge in [-0.15, -0.1) is 0 Å². The fourth-order valence-corrected chi connectivity index (χ4v) is 1.52. The maximum Gasteiger partial charge on any atom is 0.217 e. The summed E-state index contributed by atoms with van der Waals surface area (Å²) in [6, 6.07) is 7.13. The highest BCUT2D eigenvalue weighted by molar-refractivity contribution is 6.08. The molecular weight excluding hydrogens is 220 g/mol. The lowest BCUT2D eigenvalue weighted by Gasteiger charge is -2.11. The van der Waals surface area contributed by atoms with Crippen molar-refractivity contribution in [2.45, 2.75) is 19.6 Å². The van der Waals surface area contributed by atoms with Gasteiger partial charge in [0.1, 0.15) is 0 Å². The second kappa shape index (κ2) is 6.27. The molecule has 0 aromatic heterocycles. The maximum absolute atomic E-state index is 11.8. The van der Waals surface area contributed by atoms with Gasteiger partial charge in [-0.2, -0.15) is 0 Å². The lowest BCUT2D eigenvalue weighted by Crippen LogP contribution is -2.27. The number of carbonyl (C=O) groups is 2. The van der Waals surface area contributed by atoms with Crippen LogP contribution < -0.4 is 0 Å².